The smallest absolute Gasteiger partial charge is 0.164 e. The fourth-order valence-corrected chi connectivity index (χ4v) is 10.6. The standard InChI is InChI=1S/C51H29N3OS2/c1-3-13-30(14-4-1)49-52-50(31-15-5-2-6-16-31)54-51(53-49)32-25-26-41-38(27-32)40-29-33(34-19-11-23-44-46(34)36-17-7-9-21-42(36)56-44)28-39(48(40)55-41)35-20-12-24-45-47(35)37-18-8-10-22-43(37)57-45/h1-29H. The van der Waals surface area contributed by atoms with Crippen molar-refractivity contribution in [3.05, 3.63) is 176 Å². The summed E-state index contributed by atoms with van der Waals surface area (Å²) in [5.74, 6) is 1.88. The Morgan fingerprint density at radius 2 is 0.842 bits per heavy atom. The van der Waals surface area contributed by atoms with Crippen LogP contribution in [0.3, 0.4) is 0 Å². The summed E-state index contributed by atoms with van der Waals surface area (Å²) < 4.78 is 12.0. The number of nitrogens with zero attached hydrogens (tertiary/aromatic N) is 3. The van der Waals surface area contributed by atoms with Crippen LogP contribution >= 0.6 is 22.7 Å². The van der Waals surface area contributed by atoms with E-state index in [1.165, 1.54) is 45.9 Å². The highest BCUT2D eigenvalue weighted by Gasteiger charge is 2.21. The zero-order valence-corrected chi connectivity index (χ0v) is 31.9. The number of benzene rings is 8. The number of hydrogen-bond donors (Lipinski definition) is 0. The summed E-state index contributed by atoms with van der Waals surface area (Å²) in [6, 6.07) is 62.0. The van der Waals surface area contributed by atoms with Gasteiger partial charge >= 0.3 is 0 Å². The Labute approximate surface area is 335 Å². The molecule has 12 rings (SSSR count). The molecule has 4 heterocycles. The van der Waals surface area contributed by atoms with Crippen molar-refractivity contribution in [3.8, 4) is 56.4 Å². The molecule has 0 saturated heterocycles. The predicted octanol–water partition coefficient (Wildman–Crippen LogP) is 14.8. The van der Waals surface area contributed by atoms with Gasteiger partial charge in [-0.15, -0.1) is 22.7 Å². The number of rotatable bonds is 5. The first kappa shape index (κ1) is 32.3. The summed E-state index contributed by atoms with van der Waals surface area (Å²) >= 11 is 3.68. The van der Waals surface area contributed by atoms with Gasteiger partial charge in [0.1, 0.15) is 11.2 Å². The number of aromatic nitrogens is 3. The highest BCUT2D eigenvalue weighted by Crippen LogP contribution is 2.47. The molecule has 0 aliphatic heterocycles. The van der Waals surface area contributed by atoms with Crippen LogP contribution in [0.5, 0.6) is 0 Å². The van der Waals surface area contributed by atoms with Gasteiger partial charge in [-0.2, -0.15) is 0 Å². The molecule has 0 aliphatic carbocycles. The van der Waals surface area contributed by atoms with Gasteiger partial charge in [0.15, 0.2) is 17.5 Å². The zero-order valence-electron chi connectivity index (χ0n) is 30.3. The third-order valence-corrected chi connectivity index (χ3v) is 13.2. The molecular formula is C51H29N3OS2. The normalized spacial score (nSPS) is 11.9. The van der Waals surface area contributed by atoms with Gasteiger partial charge in [0.05, 0.1) is 0 Å². The Bertz CT molecular complexity index is 3470. The lowest BCUT2D eigenvalue weighted by atomic mass is 9.92. The van der Waals surface area contributed by atoms with Crippen molar-refractivity contribution < 1.29 is 4.42 Å². The molecule has 0 spiro atoms. The van der Waals surface area contributed by atoms with Crippen molar-refractivity contribution in [2.45, 2.75) is 0 Å². The fourth-order valence-electron chi connectivity index (χ4n) is 8.32. The SMILES string of the molecule is c1ccc(-c2nc(-c3ccccc3)nc(-c3ccc4oc5c(-c6cccc7sc8ccccc8c67)cc(-c6cccc7sc8ccccc8c67)cc5c4c3)n2)cc1. The van der Waals surface area contributed by atoms with Gasteiger partial charge in [0.2, 0.25) is 0 Å². The lowest BCUT2D eigenvalue weighted by Crippen LogP contribution is -2.00. The van der Waals surface area contributed by atoms with Crippen LogP contribution in [0.25, 0.3) is 119 Å². The summed E-state index contributed by atoms with van der Waals surface area (Å²) in [6.45, 7) is 0. The molecule has 0 aliphatic rings. The van der Waals surface area contributed by atoms with Gasteiger partial charge in [0.25, 0.3) is 0 Å². The highest BCUT2D eigenvalue weighted by atomic mass is 32.1. The minimum atomic E-state index is 0.611. The average Bonchev–Trinajstić information content (AvgIpc) is 3.98. The molecule has 0 unspecified atom stereocenters. The van der Waals surface area contributed by atoms with E-state index in [2.05, 4.69) is 115 Å². The van der Waals surface area contributed by atoms with Crippen LogP contribution in [0.4, 0.5) is 0 Å². The van der Waals surface area contributed by atoms with E-state index in [-0.39, 0.29) is 0 Å². The van der Waals surface area contributed by atoms with E-state index in [1.807, 2.05) is 83.3 Å². The molecule has 0 amide bonds. The second-order valence-electron chi connectivity index (χ2n) is 14.3. The fraction of sp³-hybridized carbons (Fsp3) is 0. The highest BCUT2D eigenvalue weighted by molar-refractivity contribution is 7.26. The quantitative estimate of drug-likeness (QED) is 0.175. The van der Waals surface area contributed by atoms with Gasteiger partial charge in [-0.05, 0) is 71.3 Å². The molecule has 6 heteroatoms. The van der Waals surface area contributed by atoms with Gasteiger partial charge in [-0.25, -0.2) is 15.0 Å². The molecule has 8 aromatic carbocycles. The summed E-state index contributed by atoms with van der Waals surface area (Å²) in [5.41, 5.74) is 9.04. The van der Waals surface area contributed by atoms with E-state index in [9.17, 15) is 0 Å². The van der Waals surface area contributed by atoms with E-state index in [0.29, 0.717) is 17.5 Å². The maximum absolute atomic E-state index is 6.94. The summed E-state index contributed by atoms with van der Waals surface area (Å²) in [6.07, 6.45) is 0. The minimum Gasteiger partial charge on any atom is -0.455 e. The first-order chi connectivity index (χ1) is 28.2. The largest absolute Gasteiger partial charge is 0.455 e. The van der Waals surface area contributed by atoms with Crippen LogP contribution in [-0.4, -0.2) is 15.0 Å². The van der Waals surface area contributed by atoms with Crippen LogP contribution in [0, 0.1) is 0 Å². The second kappa shape index (κ2) is 12.8. The maximum atomic E-state index is 6.94. The zero-order chi connectivity index (χ0) is 37.5. The number of hydrogen-bond acceptors (Lipinski definition) is 6. The van der Waals surface area contributed by atoms with Crippen LogP contribution in [-0.2, 0) is 0 Å². The van der Waals surface area contributed by atoms with E-state index < -0.39 is 0 Å². The maximum Gasteiger partial charge on any atom is 0.164 e. The van der Waals surface area contributed by atoms with Crippen molar-refractivity contribution in [2.24, 2.45) is 0 Å². The van der Waals surface area contributed by atoms with Gasteiger partial charge in [0, 0.05) is 73.4 Å². The van der Waals surface area contributed by atoms with Crippen molar-refractivity contribution in [1.82, 2.24) is 15.0 Å². The van der Waals surface area contributed by atoms with Crippen molar-refractivity contribution in [1.29, 1.82) is 0 Å². The molecular weight excluding hydrogens is 735 g/mol. The molecule has 4 aromatic heterocycles. The number of furan rings is 1. The molecule has 0 atom stereocenters. The van der Waals surface area contributed by atoms with E-state index >= 15 is 0 Å². The van der Waals surface area contributed by atoms with Crippen molar-refractivity contribution in [2.75, 3.05) is 0 Å². The summed E-state index contributed by atoms with van der Waals surface area (Å²) in [7, 11) is 0. The van der Waals surface area contributed by atoms with Crippen LogP contribution in [0.15, 0.2) is 180 Å². The first-order valence-corrected chi connectivity index (χ1v) is 20.6. The average molecular weight is 764 g/mol. The van der Waals surface area contributed by atoms with Gasteiger partial charge in [-0.3, -0.25) is 0 Å². The minimum absolute atomic E-state index is 0.611. The third-order valence-electron chi connectivity index (χ3n) is 10.9. The lowest BCUT2D eigenvalue weighted by Gasteiger charge is -2.11. The molecule has 266 valence electrons. The van der Waals surface area contributed by atoms with E-state index in [1.54, 1.807) is 0 Å². The number of thiophene rings is 2. The topological polar surface area (TPSA) is 51.8 Å². The van der Waals surface area contributed by atoms with Crippen molar-refractivity contribution in [3.63, 3.8) is 0 Å². The molecule has 0 N–H and O–H groups in total. The van der Waals surface area contributed by atoms with Gasteiger partial charge in [-0.1, -0.05) is 121 Å². The molecule has 0 bridgehead atoms. The monoisotopic (exact) mass is 763 g/mol. The predicted molar refractivity (Wildman–Crippen MR) is 240 cm³/mol. The molecule has 12 aromatic rings. The molecule has 4 nitrogen and oxygen atoms in total. The summed E-state index contributed by atoms with van der Waals surface area (Å²) in [5, 5.41) is 7.13. The van der Waals surface area contributed by atoms with Gasteiger partial charge < -0.3 is 4.42 Å². The molecule has 0 radical (unpaired) electrons. The van der Waals surface area contributed by atoms with Crippen LogP contribution < -0.4 is 0 Å². The second-order valence-corrected chi connectivity index (χ2v) is 16.5. The lowest BCUT2D eigenvalue weighted by molar-refractivity contribution is 0.670. The Kier molecular flexibility index (Phi) is 7.24. The Morgan fingerprint density at radius 1 is 0.333 bits per heavy atom. The van der Waals surface area contributed by atoms with Crippen LogP contribution in [0.1, 0.15) is 0 Å². The van der Waals surface area contributed by atoms with E-state index in [4.69, 9.17) is 19.4 Å². The molecule has 57 heavy (non-hydrogen) atoms. The Hall–Kier alpha value is -6.99. The number of fused-ring (bicyclic) bond motifs is 9. The van der Waals surface area contributed by atoms with E-state index in [0.717, 1.165) is 55.3 Å². The molecule has 0 saturated carbocycles. The molecule has 0 fully saturated rings. The first-order valence-electron chi connectivity index (χ1n) is 18.9. The Balaban J connectivity index is 1.14. The Morgan fingerprint density at radius 3 is 1.47 bits per heavy atom. The third kappa shape index (κ3) is 5.22. The van der Waals surface area contributed by atoms with Crippen molar-refractivity contribution >= 4 is 85.0 Å². The summed E-state index contributed by atoms with van der Waals surface area (Å²) in [4.78, 5) is 15.1. The van der Waals surface area contributed by atoms with Crippen LogP contribution in [0.2, 0.25) is 0 Å².